The fourth-order valence-electron chi connectivity index (χ4n) is 1.09. The van der Waals surface area contributed by atoms with Crippen LogP contribution in [0.25, 0.3) is 0 Å². The molecule has 1 aromatic rings. The molecule has 0 aliphatic carbocycles. The molecule has 19 heavy (non-hydrogen) atoms. The van der Waals surface area contributed by atoms with E-state index in [2.05, 4.69) is 26.0 Å². The van der Waals surface area contributed by atoms with Gasteiger partial charge in [-0.25, -0.2) is 14.0 Å². The van der Waals surface area contributed by atoms with Crippen LogP contribution in [0.5, 0.6) is 0 Å². The SMILES string of the molecule is CNC(=O)NC(=O)COC(=O)c1cc(Br)ccc1F. The van der Waals surface area contributed by atoms with Gasteiger partial charge >= 0.3 is 12.0 Å². The zero-order valence-electron chi connectivity index (χ0n) is 9.83. The third-order valence-electron chi connectivity index (χ3n) is 1.96. The van der Waals surface area contributed by atoms with E-state index >= 15 is 0 Å². The van der Waals surface area contributed by atoms with Crippen molar-refractivity contribution in [2.24, 2.45) is 0 Å². The molecule has 0 saturated heterocycles. The molecule has 6 nitrogen and oxygen atoms in total. The van der Waals surface area contributed by atoms with Crippen molar-refractivity contribution < 1.29 is 23.5 Å². The first-order chi connectivity index (χ1) is 8.93. The molecule has 0 spiro atoms. The fraction of sp³-hybridized carbons (Fsp3) is 0.182. The Hall–Kier alpha value is -1.96. The highest BCUT2D eigenvalue weighted by atomic mass is 79.9. The minimum Gasteiger partial charge on any atom is -0.452 e. The summed E-state index contributed by atoms with van der Waals surface area (Å²) in [6.07, 6.45) is 0. The van der Waals surface area contributed by atoms with Crippen LogP contribution < -0.4 is 10.6 Å². The second-order valence-electron chi connectivity index (χ2n) is 3.33. The first-order valence-electron chi connectivity index (χ1n) is 5.07. The Morgan fingerprint density at radius 1 is 1.37 bits per heavy atom. The van der Waals surface area contributed by atoms with Crippen LogP contribution in [0.3, 0.4) is 0 Å². The standard InChI is InChI=1S/C11H10BrFN2O4/c1-14-11(18)15-9(16)5-19-10(17)7-4-6(12)2-3-8(7)13/h2-4H,5H2,1H3,(H2,14,15,16,18). The summed E-state index contributed by atoms with van der Waals surface area (Å²) in [5.74, 6) is -2.58. The molecule has 0 aromatic heterocycles. The molecular formula is C11H10BrFN2O4. The summed E-state index contributed by atoms with van der Waals surface area (Å²) in [6.45, 7) is -0.682. The average Bonchev–Trinajstić information content (AvgIpc) is 2.38. The van der Waals surface area contributed by atoms with Gasteiger partial charge in [-0.1, -0.05) is 15.9 Å². The van der Waals surface area contributed by atoms with Crippen LogP contribution in [0.1, 0.15) is 10.4 Å². The number of ether oxygens (including phenoxy) is 1. The summed E-state index contributed by atoms with van der Waals surface area (Å²) in [6, 6.07) is 3.01. The minimum absolute atomic E-state index is 0.304. The smallest absolute Gasteiger partial charge is 0.341 e. The number of carbonyl (C=O) groups is 3. The lowest BCUT2D eigenvalue weighted by molar-refractivity contribution is -0.123. The van der Waals surface area contributed by atoms with Gasteiger partial charge in [-0.05, 0) is 18.2 Å². The Balaban J connectivity index is 2.58. The molecule has 2 N–H and O–H groups in total. The quantitative estimate of drug-likeness (QED) is 0.814. The van der Waals surface area contributed by atoms with E-state index in [-0.39, 0.29) is 5.56 Å². The third kappa shape index (κ3) is 4.66. The van der Waals surface area contributed by atoms with Crippen molar-refractivity contribution in [1.82, 2.24) is 10.6 Å². The van der Waals surface area contributed by atoms with E-state index in [0.29, 0.717) is 4.47 Å². The zero-order valence-corrected chi connectivity index (χ0v) is 11.4. The number of nitrogens with one attached hydrogen (secondary N) is 2. The highest BCUT2D eigenvalue weighted by Gasteiger charge is 2.15. The molecule has 0 bridgehead atoms. The lowest BCUT2D eigenvalue weighted by Crippen LogP contribution is -2.39. The molecule has 0 aliphatic heterocycles. The van der Waals surface area contributed by atoms with Crippen LogP contribution in [0.4, 0.5) is 9.18 Å². The Kier molecular flexibility index (Phi) is 5.43. The molecule has 0 heterocycles. The van der Waals surface area contributed by atoms with E-state index in [0.717, 1.165) is 6.07 Å². The fourth-order valence-corrected chi connectivity index (χ4v) is 1.45. The second kappa shape index (κ2) is 6.83. The zero-order chi connectivity index (χ0) is 14.4. The highest BCUT2D eigenvalue weighted by molar-refractivity contribution is 9.10. The molecule has 3 amide bonds. The molecule has 0 fully saturated rings. The van der Waals surface area contributed by atoms with Gasteiger partial charge in [-0.15, -0.1) is 0 Å². The number of imide groups is 1. The van der Waals surface area contributed by atoms with Gasteiger partial charge in [-0.2, -0.15) is 0 Å². The van der Waals surface area contributed by atoms with Crippen molar-refractivity contribution in [3.63, 3.8) is 0 Å². The Morgan fingerprint density at radius 3 is 2.68 bits per heavy atom. The molecule has 8 heteroatoms. The van der Waals surface area contributed by atoms with Gasteiger partial charge in [0.2, 0.25) is 0 Å². The third-order valence-corrected chi connectivity index (χ3v) is 2.46. The van der Waals surface area contributed by atoms with Gasteiger partial charge in [0.05, 0.1) is 5.56 Å². The Labute approximate surface area is 116 Å². The normalized spacial score (nSPS) is 9.63. The summed E-state index contributed by atoms with van der Waals surface area (Å²) < 4.78 is 18.4. The molecule has 0 atom stereocenters. The van der Waals surface area contributed by atoms with Gasteiger partial charge in [0, 0.05) is 11.5 Å². The van der Waals surface area contributed by atoms with Crippen molar-refractivity contribution in [2.45, 2.75) is 0 Å². The van der Waals surface area contributed by atoms with Crippen LogP contribution in [-0.2, 0) is 9.53 Å². The van der Waals surface area contributed by atoms with Crippen LogP contribution in [0.2, 0.25) is 0 Å². The maximum atomic E-state index is 13.3. The first-order valence-corrected chi connectivity index (χ1v) is 5.87. The van der Waals surface area contributed by atoms with Gasteiger partial charge in [0.1, 0.15) is 5.82 Å². The number of urea groups is 1. The Bertz CT molecular complexity index is 521. The first kappa shape index (κ1) is 15.1. The molecule has 1 aromatic carbocycles. The van der Waals surface area contributed by atoms with Crippen molar-refractivity contribution in [1.29, 1.82) is 0 Å². The molecule has 0 saturated carbocycles. The number of rotatable bonds is 3. The van der Waals surface area contributed by atoms with Gasteiger partial charge in [0.25, 0.3) is 5.91 Å². The number of hydrogen-bond acceptors (Lipinski definition) is 4. The van der Waals surface area contributed by atoms with Crippen molar-refractivity contribution in [3.8, 4) is 0 Å². The van der Waals surface area contributed by atoms with Crippen molar-refractivity contribution in [3.05, 3.63) is 34.1 Å². The molecule has 102 valence electrons. The van der Waals surface area contributed by atoms with E-state index in [1.807, 2.05) is 5.32 Å². The maximum absolute atomic E-state index is 13.3. The summed E-state index contributed by atoms with van der Waals surface area (Å²) in [5.41, 5.74) is -0.304. The van der Waals surface area contributed by atoms with E-state index in [1.165, 1.54) is 19.2 Å². The monoisotopic (exact) mass is 332 g/mol. The van der Waals surface area contributed by atoms with Crippen LogP contribution in [-0.4, -0.2) is 31.6 Å². The summed E-state index contributed by atoms with van der Waals surface area (Å²) in [4.78, 5) is 33.4. The van der Waals surface area contributed by atoms with E-state index in [1.54, 1.807) is 0 Å². The number of amides is 3. The summed E-state index contributed by atoms with van der Waals surface area (Å²) >= 11 is 3.08. The number of carbonyl (C=O) groups excluding carboxylic acids is 3. The predicted molar refractivity (Wildman–Crippen MR) is 67.0 cm³/mol. The number of halogens is 2. The number of esters is 1. The lowest BCUT2D eigenvalue weighted by atomic mass is 10.2. The highest BCUT2D eigenvalue weighted by Crippen LogP contribution is 2.16. The molecule has 0 radical (unpaired) electrons. The molecule has 1 rings (SSSR count). The summed E-state index contributed by atoms with van der Waals surface area (Å²) in [5, 5.41) is 4.05. The maximum Gasteiger partial charge on any atom is 0.341 e. The van der Waals surface area contributed by atoms with Crippen LogP contribution in [0.15, 0.2) is 22.7 Å². The van der Waals surface area contributed by atoms with Crippen molar-refractivity contribution in [2.75, 3.05) is 13.7 Å². The van der Waals surface area contributed by atoms with Gasteiger partial charge in [0.15, 0.2) is 6.61 Å². The van der Waals surface area contributed by atoms with Crippen molar-refractivity contribution >= 4 is 33.8 Å². The number of hydrogen-bond donors (Lipinski definition) is 2. The lowest BCUT2D eigenvalue weighted by Gasteiger charge is -2.06. The number of benzene rings is 1. The predicted octanol–water partition coefficient (Wildman–Crippen LogP) is 1.20. The molecule has 0 unspecified atom stereocenters. The topological polar surface area (TPSA) is 84.5 Å². The van der Waals surface area contributed by atoms with E-state index in [9.17, 15) is 18.8 Å². The van der Waals surface area contributed by atoms with Crippen LogP contribution in [0, 0.1) is 5.82 Å². The average molecular weight is 333 g/mol. The van der Waals surface area contributed by atoms with E-state index < -0.39 is 30.3 Å². The second-order valence-corrected chi connectivity index (χ2v) is 4.24. The van der Waals surface area contributed by atoms with E-state index in [4.69, 9.17) is 0 Å². The summed E-state index contributed by atoms with van der Waals surface area (Å²) in [7, 11) is 1.32. The molecule has 0 aliphatic rings. The van der Waals surface area contributed by atoms with Crippen LogP contribution >= 0.6 is 15.9 Å². The largest absolute Gasteiger partial charge is 0.452 e. The Morgan fingerprint density at radius 2 is 2.05 bits per heavy atom. The van der Waals surface area contributed by atoms with Gasteiger partial charge in [-0.3, -0.25) is 10.1 Å². The van der Waals surface area contributed by atoms with Gasteiger partial charge < -0.3 is 10.1 Å². The molecular weight excluding hydrogens is 323 g/mol. The minimum atomic E-state index is -0.995.